The molecule has 4 aromatic carbocycles. The minimum atomic E-state index is -0.234. The lowest BCUT2D eigenvalue weighted by Crippen LogP contribution is -1.94. The zero-order valence-electron chi connectivity index (χ0n) is 15.1. The molecule has 138 valence electrons. The van der Waals surface area contributed by atoms with E-state index in [2.05, 4.69) is 15.9 Å². The monoisotopic (exact) mass is 432 g/mol. The van der Waals surface area contributed by atoms with Gasteiger partial charge in [-0.25, -0.2) is 4.39 Å². The first-order valence-corrected chi connectivity index (χ1v) is 9.81. The summed E-state index contributed by atoms with van der Waals surface area (Å²) in [6.07, 6.45) is 0. The zero-order valence-corrected chi connectivity index (χ0v) is 16.7. The van der Waals surface area contributed by atoms with E-state index < -0.39 is 0 Å². The highest BCUT2D eigenvalue weighted by molar-refractivity contribution is 9.10. The summed E-state index contributed by atoms with van der Waals surface area (Å²) in [6, 6.07) is 31.1. The third-order valence-electron chi connectivity index (χ3n) is 4.56. The van der Waals surface area contributed by atoms with Gasteiger partial charge in [-0.05, 0) is 46.5 Å². The van der Waals surface area contributed by atoms with Gasteiger partial charge in [0.15, 0.2) is 0 Å². The Hall–Kier alpha value is -2.91. The van der Waals surface area contributed by atoms with Gasteiger partial charge in [-0.3, -0.25) is 0 Å². The lowest BCUT2D eigenvalue weighted by molar-refractivity contribution is 0.306. The molecular weight excluding hydrogens is 415 g/mol. The minimum absolute atomic E-state index is 0.234. The SMILES string of the molecule is Fc1cc(Br)ccc1-c1ccc(-c2ccc(OCc3ccccc3)cc2)cc1. The quantitative estimate of drug-likeness (QED) is 0.317. The van der Waals surface area contributed by atoms with E-state index in [0.29, 0.717) is 12.2 Å². The first-order valence-electron chi connectivity index (χ1n) is 9.02. The van der Waals surface area contributed by atoms with Gasteiger partial charge >= 0.3 is 0 Å². The predicted molar refractivity (Wildman–Crippen MR) is 116 cm³/mol. The Morgan fingerprint density at radius 3 is 1.93 bits per heavy atom. The van der Waals surface area contributed by atoms with E-state index in [1.165, 1.54) is 6.07 Å². The molecule has 0 atom stereocenters. The van der Waals surface area contributed by atoms with Crippen LogP contribution in [0.25, 0.3) is 22.3 Å². The molecule has 0 saturated heterocycles. The summed E-state index contributed by atoms with van der Waals surface area (Å²) in [5, 5.41) is 0. The third kappa shape index (κ3) is 4.32. The Balaban J connectivity index is 1.47. The van der Waals surface area contributed by atoms with Gasteiger partial charge in [0, 0.05) is 10.0 Å². The molecule has 28 heavy (non-hydrogen) atoms. The molecule has 3 heteroatoms. The summed E-state index contributed by atoms with van der Waals surface area (Å²) in [6.45, 7) is 0.549. The van der Waals surface area contributed by atoms with Crippen molar-refractivity contribution in [2.24, 2.45) is 0 Å². The summed E-state index contributed by atoms with van der Waals surface area (Å²) in [5.41, 5.74) is 4.77. The topological polar surface area (TPSA) is 9.23 Å². The Morgan fingerprint density at radius 1 is 0.679 bits per heavy atom. The molecule has 0 amide bonds. The van der Waals surface area contributed by atoms with E-state index in [-0.39, 0.29) is 5.82 Å². The molecule has 0 unspecified atom stereocenters. The van der Waals surface area contributed by atoms with E-state index in [9.17, 15) is 4.39 Å². The van der Waals surface area contributed by atoms with Crippen LogP contribution in [0.1, 0.15) is 5.56 Å². The number of ether oxygens (including phenoxy) is 1. The number of halogens is 2. The van der Waals surface area contributed by atoms with Gasteiger partial charge in [0.25, 0.3) is 0 Å². The fourth-order valence-electron chi connectivity index (χ4n) is 3.05. The molecule has 0 heterocycles. The van der Waals surface area contributed by atoms with Crippen molar-refractivity contribution >= 4 is 15.9 Å². The molecule has 0 aliphatic rings. The molecule has 4 aromatic rings. The van der Waals surface area contributed by atoms with Crippen molar-refractivity contribution in [3.05, 3.63) is 113 Å². The van der Waals surface area contributed by atoms with Crippen molar-refractivity contribution < 1.29 is 9.13 Å². The standard InChI is InChI=1S/C25H18BrFO/c26-22-12-15-24(25(27)16-22)21-8-6-19(7-9-21)20-10-13-23(14-11-20)28-17-18-4-2-1-3-5-18/h1-16H,17H2. The van der Waals surface area contributed by atoms with Gasteiger partial charge in [0.05, 0.1) is 0 Å². The van der Waals surface area contributed by atoms with Gasteiger partial charge in [-0.1, -0.05) is 88.7 Å². The Labute approximate surface area is 172 Å². The summed E-state index contributed by atoms with van der Waals surface area (Å²) < 4.78 is 20.7. The first kappa shape index (κ1) is 18.5. The van der Waals surface area contributed by atoms with E-state index in [0.717, 1.165) is 32.5 Å². The molecule has 0 aliphatic heterocycles. The van der Waals surface area contributed by atoms with Crippen LogP contribution >= 0.6 is 15.9 Å². The number of hydrogen-bond donors (Lipinski definition) is 0. The van der Waals surface area contributed by atoms with Crippen molar-refractivity contribution in [2.75, 3.05) is 0 Å². The molecule has 0 fully saturated rings. The van der Waals surface area contributed by atoms with Crippen molar-refractivity contribution in [1.82, 2.24) is 0 Å². The highest BCUT2D eigenvalue weighted by Crippen LogP contribution is 2.29. The highest BCUT2D eigenvalue weighted by Gasteiger charge is 2.06. The van der Waals surface area contributed by atoms with Gasteiger partial charge in [-0.2, -0.15) is 0 Å². The summed E-state index contributed by atoms with van der Waals surface area (Å²) in [7, 11) is 0. The first-order chi connectivity index (χ1) is 13.7. The lowest BCUT2D eigenvalue weighted by Gasteiger charge is -2.09. The number of rotatable bonds is 5. The third-order valence-corrected chi connectivity index (χ3v) is 5.06. The summed E-state index contributed by atoms with van der Waals surface area (Å²) in [4.78, 5) is 0. The van der Waals surface area contributed by atoms with Crippen LogP contribution in [-0.4, -0.2) is 0 Å². The molecule has 0 radical (unpaired) electrons. The van der Waals surface area contributed by atoms with E-state index in [1.807, 2.05) is 84.9 Å². The highest BCUT2D eigenvalue weighted by atomic mass is 79.9. The molecule has 1 nitrogen and oxygen atoms in total. The molecule has 0 aromatic heterocycles. The normalized spacial score (nSPS) is 10.6. The Bertz CT molecular complexity index is 1060. The summed E-state index contributed by atoms with van der Waals surface area (Å²) >= 11 is 3.29. The molecule has 4 rings (SSSR count). The number of hydrogen-bond acceptors (Lipinski definition) is 1. The van der Waals surface area contributed by atoms with Crippen LogP contribution in [0.5, 0.6) is 5.75 Å². The zero-order chi connectivity index (χ0) is 19.3. The van der Waals surface area contributed by atoms with Gasteiger partial charge in [0.1, 0.15) is 18.2 Å². The summed E-state index contributed by atoms with van der Waals surface area (Å²) in [5.74, 6) is 0.600. The van der Waals surface area contributed by atoms with Crippen molar-refractivity contribution in [2.45, 2.75) is 6.61 Å². The van der Waals surface area contributed by atoms with Crippen LogP contribution in [0.15, 0.2) is 102 Å². The van der Waals surface area contributed by atoms with Gasteiger partial charge in [0.2, 0.25) is 0 Å². The molecule has 0 aliphatic carbocycles. The second kappa shape index (κ2) is 8.41. The maximum Gasteiger partial charge on any atom is 0.132 e. The van der Waals surface area contributed by atoms with Crippen LogP contribution in [0, 0.1) is 5.82 Å². The smallest absolute Gasteiger partial charge is 0.132 e. The van der Waals surface area contributed by atoms with E-state index in [1.54, 1.807) is 6.07 Å². The lowest BCUT2D eigenvalue weighted by atomic mass is 10.00. The maximum atomic E-state index is 14.2. The van der Waals surface area contributed by atoms with Crippen LogP contribution in [0.4, 0.5) is 4.39 Å². The second-order valence-electron chi connectivity index (χ2n) is 6.50. The fraction of sp³-hybridized carbons (Fsp3) is 0.0400. The Morgan fingerprint density at radius 2 is 1.29 bits per heavy atom. The van der Waals surface area contributed by atoms with Crippen LogP contribution in [0.2, 0.25) is 0 Å². The fourth-order valence-corrected chi connectivity index (χ4v) is 3.38. The average molecular weight is 433 g/mol. The molecule has 0 N–H and O–H groups in total. The maximum absolute atomic E-state index is 14.2. The molecule has 0 saturated carbocycles. The van der Waals surface area contributed by atoms with E-state index in [4.69, 9.17) is 4.74 Å². The molecular formula is C25H18BrFO. The van der Waals surface area contributed by atoms with Crippen LogP contribution in [-0.2, 0) is 6.61 Å². The second-order valence-corrected chi connectivity index (χ2v) is 7.42. The average Bonchev–Trinajstić information content (AvgIpc) is 2.74. The molecule has 0 spiro atoms. The Kier molecular flexibility index (Phi) is 5.54. The predicted octanol–water partition coefficient (Wildman–Crippen LogP) is 7.50. The van der Waals surface area contributed by atoms with Gasteiger partial charge in [-0.15, -0.1) is 0 Å². The molecule has 0 bridgehead atoms. The van der Waals surface area contributed by atoms with E-state index >= 15 is 0 Å². The van der Waals surface area contributed by atoms with Crippen molar-refractivity contribution in [3.63, 3.8) is 0 Å². The van der Waals surface area contributed by atoms with Gasteiger partial charge < -0.3 is 4.74 Å². The number of benzene rings is 4. The van der Waals surface area contributed by atoms with Crippen LogP contribution in [0.3, 0.4) is 0 Å². The van der Waals surface area contributed by atoms with Crippen molar-refractivity contribution in [1.29, 1.82) is 0 Å². The minimum Gasteiger partial charge on any atom is -0.489 e. The van der Waals surface area contributed by atoms with Crippen molar-refractivity contribution in [3.8, 4) is 28.0 Å². The van der Waals surface area contributed by atoms with Crippen LogP contribution < -0.4 is 4.74 Å². The largest absolute Gasteiger partial charge is 0.489 e.